The summed E-state index contributed by atoms with van der Waals surface area (Å²) in [7, 11) is 1.31. The van der Waals surface area contributed by atoms with Crippen LogP contribution in [0.2, 0.25) is 0 Å². The maximum Gasteiger partial charge on any atom is 0.328 e. The fourth-order valence-electron chi connectivity index (χ4n) is 2.27. The van der Waals surface area contributed by atoms with E-state index in [0.717, 1.165) is 12.8 Å². The van der Waals surface area contributed by atoms with Gasteiger partial charge in [0.25, 0.3) is 5.91 Å². The summed E-state index contributed by atoms with van der Waals surface area (Å²) >= 11 is 0. The smallest absolute Gasteiger partial charge is 0.328 e. The molecule has 1 amide bonds. The lowest BCUT2D eigenvalue weighted by atomic mass is 10.0. The third kappa shape index (κ3) is 2.83. The fourth-order valence-corrected chi connectivity index (χ4v) is 2.27. The summed E-state index contributed by atoms with van der Waals surface area (Å²) in [6.07, 6.45) is 4.98. The molecule has 2 heterocycles. The maximum atomic E-state index is 12.3. The van der Waals surface area contributed by atoms with Crippen LogP contribution in [-0.4, -0.2) is 46.6 Å². The fraction of sp³-hybridized carbons (Fsp3) is 0.462. The molecular weight excluding hydrogens is 248 g/mol. The summed E-state index contributed by atoms with van der Waals surface area (Å²) in [6, 6.07) is 0.798. The highest BCUT2D eigenvalue weighted by molar-refractivity contribution is 5.97. The van der Waals surface area contributed by atoms with E-state index in [4.69, 9.17) is 4.74 Å². The average Bonchev–Trinajstić information content (AvgIpc) is 2.45. The number of hydrogen-bond acceptors (Lipinski definition) is 5. The van der Waals surface area contributed by atoms with E-state index >= 15 is 0 Å². The average molecular weight is 264 g/mol. The Morgan fingerprint density at radius 1 is 1.42 bits per heavy atom. The van der Waals surface area contributed by atoms with E-state index in [1.165, 1.54) is 30.5 Å². The Morgan fingerprint density at radius 3 is 2.89 bits per heavy atom. The molecule has 1 aromatic heterocycles. The van der Waals surface area contributed by atoms with Gasteiger partial charge in [0.1, 0.15) is 11.8 Å². The zero-order valence-electron chi connectivity index (χ0n) is 10.7. The van der Waals surface area contributed by atoms with E-state index in [9.17, 15) is 14.7 Å². The van der Waals surface area contributed by atoms with Crippen molar-refractivity contribution in [2.45, 2.75) is 25.3 Å². The van der Waals surface area contributed by atoms with Gasteiger partial charge in [0.15, 0.2) is 0 Å². The Labute approximate surface area is 111 Å². The highest BCUT2D eigenvalue weighted by Crippen LogP contribution is 2.21. The minimum Gasteiger partial charge on any atom is -0.506 e. The number of likely N-dealkylation sites (tertiary alicyclic amines) is 1. The van der Waals surface area contributed by atoms with E-state index in [2.05, 4.69) is 4.98 Å². The molecule has 6 nitrogen and oxygen atoms in total. The van der Waals surface area contributed by atoms with Crippen LogP contribution in [0.3, 0.4) is 0 Å². The van der Waals surface area contributed by atoms with Gasteiger partial charge >= 0.3 is 5.97 Å². The number of esters is 1. The summed E-state index contributed by atoms with van der Waals surface area (Å²) in [4.78, 5) is 29.3. The SMILES string of the molecule is COC(=O)C1CCCCN1C(=O)c1cncc(O)c1. The first-order valence-electron chi connectivity index (χ1n) is 6.16. The van der Waals surface area contributed by atoms with Gasteiger partial charge in [-0.3, -0.25) is 9.78 Å². The van der Waals surface area contributed by atoms with Gasteiger partial charge in [-0.25, -0.2) is 4.79 Å². The van der Waals surface area contributed by atoms with Crippen molar-refractivity contribution in [3.8, 4) is 5.75 Å². The minimum absolute atomic E-state index is 0.0718. The van der Waals surface area contributed by atoms with Crippen molar-refractivity contribution in [2.24, 2.45) is 0 Å². The third-order valence-electron chi connectivity index (χ3n) is 3.21. The Hall–Kier alpha value is -2.11. The molecular formula is C13H16N2O4. The first kappa shape index (κ1) is 13.3. The molecule has 1 unspecified atom stereocenters. The third-order valence-corrected chi connectivity index (χ3v) is 3.21. The minimum atomic E-state index is -0.548. The van der Waals surface area contributed by atoms with Crippen molar-refractivity contribution < 1.29 is 19.4 Å². The number of rotatable bonds is 2. The van der Waals surface area contributed by atoms with Crippen LogP contribution in [0.1, 0.15) is 29.6 Å². The van der Waals surface area contributed by atoms with Crippen molar-refractivity contribution in [2.75, 3.05) is 13.7 Å². The van der Waals surface area contributed by atoms with Gasteiger partial charge in [-0.1, -0.05) is 0 Å². The second-order valence-corrected chi connectivity index (χ2v) is 4.47. The standard InChI is InChI=1S/C13H16N2O4/c1-19-13(18)11-4-2-3-5-15(11)12(17)9-6-10(16)8-14-7-9/h6-8,11,16H,2-5H2,1H3. The normalized spacial score (nSPS) is 19.0. The monoisotopic (exact) mass is 264 g/mol. The number of aromatic nitrogens is 1. The second-order valence-electron chi connectivity index (χ2n) is 4.47. The van der Waals surface area contributed by atoms with Crippen LogP contribution in [0.5, 0.6) is 5.75 Å². The summed E-state index contributed by atoms with van der Waals surface area (Å²) in [5.74, 6) is -0.780. The molecule has 1 saturated heterocycles. The lowest BCUT2D eigenvalue weighted by Gasteiger charge is -2.33. The van der Waals surface area contributed by atoms with Gasteiger partial charge in [0.2, 0.25) is 0 Å². The van der Waals surface area contributed by atoms with Crippen molar-refractivity contribution in [1.29, 1.82) is 0 Å². The van der Waals surface area contributed by atoms with Crippen LogP contribution in [0.25, 0.3) is 0 Å². The molecule has 1 fully saturated rings. The molecule has 0 aromatic carbocycles. The zero-order valence-corrected chi connectivity index (χ0v) is 10.7. The predicted octanol–water partition coefficient (Wildman–Crippen LogP) is 0.955. The van der Waals surface area contributed by atoms with Crippen molar-refractivity contribution in [3.63, 3.8) is 0 Å². The van der Waals surface area contributed by atoms with Gasteiger partial charge in [0, 0.05) is 12.7 Å². The molecule has 19 heavy (non-hydrogen) atoms. The first-order chi connectivity index (χ1) is 9.13. The molecule has 0 spiro atoms. The van der Waals surface area contributed by atoms with Crippen molar-refractivity contribution in [3.05, 3.63) is 24.0 Å². The van der Waals surface area contributed by atoms with Crippen molar-refractivity contribution in [1.82, 2.24) is 9.88 Å². The molecule has 6 heteroatoms. The molecule has 0 aliphatic carbocycles. The summed E-state index contributed by atoms with van der Waals surface area (Å²) in [5, 5.41) is 9.36. The van der Waals surface area contributed by atoms with E-state index in [1.54, 1.807) is 0 Å². The van der Waals surface area contributed by atoms with Gasteiger partial charge in [-0.2, -0.15) is 0 Å². The largest absolute Gasteiger partial charge is 0.506 e. The quantitative estimate of drug-likeness (QED) is 0.805. The molecule has 0 bridgehead atoms. The highest BCUT2D eigenvalue weighted by atomic mass is 16.5. The molecule has 1 aliphatic heterocycles. The molecule has 0 saturated carbocycles. The Kier molecular flexibility index (Phi) is 3.99. The van der Waals surface area contributed by atoms with E-state index < -0.39 is 12.0 Å². The van der Waals surface area contributed by atoms with Crippen LogP contribution in [-0.2, 0) is 9.53 Å². The van der Waals surface area contributed by atoms with Gasteiger partial charge in [0.05, 0.1) is 18.9 Å². The maximum absolute atomic E-state index is 12.3. The Morgan fingerprint density at radius 2 is 2.21 bits per heavy atom. The molecule has 2 rings (SSSR count). The first-order valence-corrected chi connectivity index (χ1v) is 6.16. The molecule has 1 N–H and O–H groups in total. The number of carbonyl (C=O) groups excluding carboxylic acids is 2. The summed E-state index contributed by atoms with van der Waals surface area (Å²) < 4.78 is 4.73. The van der Waals surface area contributed by atoms with Crippen LogP contribution < -0.4 is 0 Å². The number of methoxy groups -OCH3 is 1. The predicted molar refractivity (Wildman–Crippen MR) is 66.6 cm³/mol. The van der Waals surface area contributed by atoms with E-state index in [-0.39, 0.29) is 17.2 Å². The van der Waals surface area contributed by atoms with Gasteiger partial charge in [-0.15, -0.1) is 0 Å². The van der Waals surface area contributed by atoms with Crippen LogP contribution in [0.15, 0.2) is 18.5 Å². The summed E-state index contributed by atoms with van der Waals surface area (Å²) in [5.41, 5.74) is 0.274. The second kappa shape index (κ2) is 5.69. The zero-order chi connectivity index (χ0) is 13.8. The Balaban J connectivity index is 2.22. The number of nitrogens with zero attached hydrogens (tertiary/aromatic N) is 2. The number of amides is 1. The van der Waals surface area contributed by atoms with Crippen LogP contribution in [0, 0.1) is 0 Å². The molecule has 1 atom stereocenters. The van der Waals surface area contributed by atoms with Crippen LogP contribution in [0.4, 0.5) is 0 Å². The molecule has 1 aromatic rings. The number of pyridine rings is 1. The van der Waals surface area contributed by atoms with E-state index in [1.807, 2.05) is 0 Å². The van der Waals surface area contributed by atoms with Crippen LogP contribution >= 0.6 is 0 Å². The number of aromatic hydroxyl groups is 1. The number of carbonyl (C=O) groups is 2. The Bertz CT molecular complexity index is 489. The number of ether oxygens (including phenoxy) is 1. The molecule has 102 valence electrons. The molecule has 0 radical (unpaired) electrons. The number of hydrogen-bond donors (Lipinski definition) is 1. The summed E-state index contributed by atoms with van der Waals surface area (Å²) in [6.45, 7) is 0.508. The van der Waals surface area contributed by atoms with E-state index in [0.29, 0.717) is 13.0 Å². The lowest BCUT2D eigenvalue weighted by Crippen LogP contribution is -2.48. The topological polar surface area (TPSA) is 79.7 Å². The van der Waals surface area contributed by atoms with Gasteiger partial charge < -0.3 is 14.7 Å². The lowest BCUT2D eigenvalue weighted by molar-refractivity contribution is -0.147. The molecule has 1 aliphatic rings. The highest BCUT2D eigenvalue weighted by Gasteiger charge is 2.33. The van der Waals surface area contributed by atoms with Gasteiger partial charge in [-0.05, 0) is 25.3 Å². The number of piperidine rings is 1. The van der Waals surface area contributed by atoms with Crippen molar-refractivity contribution >= 4 is 11.9 Å².